The van der Waals surface area contributed by atoms with E-state index in [-0.39, 0.29) is 12.5 Å². The van der Waals surface area contributed by atoms with Gasteiger partial charge in [-0.25, -0.2) is 4.98 Å². The third-order valence-corrected chi connectivity index (χ3v) is 2.58. The highest BCUT2D eigenvalue weighted by atomic mass is 16.5. The van der Waals surface area contributed by atoms with E-state index in [2.05, 4.69) is 15.3 Å². The van der Waals surface area contributed by atoms with Crippen molar-refractivity contribution in [1.29, 1.82) is 0 Å². The van der Waals surface area contributed by atoms with Gasteiger partial charge in [-0.2, -0.15) is 0 Å². The third-order valence-electron chi connectivity index (χ3n) is 2.58. The zero-order chi connectivity index (χ0) is 13.3. The van der Waals surface area contributed by atoms with Gasteiger partial charge in [0.2, 0.25) is 5.91 Å². The molecule has 0 saturated heterocycles. The first-order valence-electron chi connectivity index (χ1n) is 6.21. The van der Waals surface area contributed by atoms with Crippen molar-refractivity contribution in [3.63, 3.8) is 0 Å². The van der Waals surface area contributed by atoms with E-state index in [0.29, 0.717) is 19.6 Å². The topological polar surface area (TPSA) is 67.0 Å². The van der Waals surface area contributed by atoms with Gasteiger partial charge >= 0.3 is 0 Å². The molecule has 0 bridgehead atoms. The highest BCUT2D eigenvalue weighted by molar-refractivity contribution is 5.77. The van der Waals surface area contributed by atoms with Crippen LogP contribution in [0.25, 0.3) is 0 Å². The lowest BCUT2D eigenvalue weighted by atomic mass is 10.2. The second-order valence-electron chi connectivity index (χ2n) is 4.11. The lowest BCUT2D eigenvalue weighted by Crippen LogP contribution is -2.29. The number of ether oxygens (including phenoxy) is 1. The molecule has 0 aliphatic heterocycles. The molecule has 2 rings (SSSR count). The molecule has 1 aromatic heterocycles. The second kappa shape index (κ2) is 7.33. The molecular weight excluding hydrogens is 242 g/mol. The molecule has 0 atom stereocenters. The number of amides is 1. The summed E-state index contributed by atoms with van der Waals surface area (Å²) in [6.07, 6.45) is 4.15. The maximum Gasteiger partial charge on any atom is 0.246 e. The number of nitrogens with one attached hydrogen (secondary N) is 2. The summed E-state index contributed by atoms with van der Waals surface area (Å²) >= 11 is 0. The Morgan fingerprint density at radius 3 is 2.89 bits per heavy atom. The lowest BCUT2D eigenvalue weighted by Gasteiger charge is -2.05. The van der Waals surface area contributed by atoms with Crippen LogP contribution in [-0.4, -0.2) is 29.0 Å². The molecule has 5 nitrogen and oxygen atoms in total. The summed E-state index contributed by atoms with van der Waals surface area (Å²) in [5.74, 6) is 0.757. The normalized spacial score (nSPS) is 10.3. The van der Waals surface area contributed by atoms with Crippen molar-refractivity contribution in [3.05, 3.63) is 54.1 Å². The van der Waals surface area contributed by atoms with Crippen molar-refractivity contribution in [2.75, 3.05) is 13.2 Å². The van der Waals surface area contributed by atoms with Crippen LogP contribution in [-0.2, 0) is 22.6 Å². The standard InChI is InChI=1S/C14H17N3O2/c18-14(17-7-6-13-15-8-9-16-13)11-19-10-12-4-2-1-3-5-12/h1-5,8-9H,6-7,10-11H2,(H,15,16)(H,17,18). The minimum atomic E-state index is -0.109. The summed E-state index contributed by atoms with van der Waals surface area (Å²) in [6, 6.07) is 9.78. The van der Waals surface area contributed by atoms with Gasteiger partial charge in [0.25, 0.3) is 0 Å². The lowest BCUT2D eigenvalue weighted by molar-refractivity contribution is -0.126. The van der Waals surface area contributed by atoms with Crippen LogP contribution >= 0.6 is 0 Å². The fraction of sp³-hybridized carbons (Fsp3) is 0.286. The summed E-state index contributed by atoms with van der Waals surface area (Å²) < 4.78 is 5.33. The van der Waals surface area contributed by atoms with Gasteiger partial charge in [0.15, 0.2) is 0 Å². The van der Waals surface area contributed by atoms with Gasteiger partial charge < -0.3 is 15.0 Å². The van der Waals surface area contributed by atoms with Crippen molar-refractivity contribution in [2.45, 2.75) is 13.0 Å². The summed E-state index contributed by atoms with van der Waals surface area (Å²) in [6.45, 7) is 1.08. The van der Waals surface area contributed by atoms with E-state index >= 15 is 0 Å². The SMILES string of the molecule is O=C(COCc1ccccc1)NCCc1ncc[nH]1. The van der Waals surface area contributed by atoms with Gasteiger partial charge in [-0.15, -0.1) is 0 Å². The van der Waals surface area contributed by atoms with Crippen LogP contribution in [0.15, 0.2) is 42.7 Å². The molecule has 0 spiro atoms. The van der Waals surface area contributed by atoms with E-state index in [1.165, 1.54) is 0 Å². The van der Waals surface area contributed by atoms with Crippen LogP contribution in [0.3, 0.4) is 0 Å². The monoisotopic (exact) mass is 259 g/mol. The van der Waals surface area contributed by atoms with Gasteiger partial charge in [0, 0.05) is 25.4 Å². The first-order chi connectivity index (χ1) is 9.34. The maximum atomic E-state index is 11.5. The zero-order valence-corrected chi connectivity index (χ0v) is 10.6. The van der Waals surface area contributed by atoms with Gasteiger partial charge in [0.05, 0.1) is 6.61 Å². The molecule has 0 saturated carbocycles. The number of aromatic nitrogens is 2. The van der Waals surface area contributed by atoms with Crippen LogP contribution < -0.4 is 5.32 Å². The number of hydrogen-bond acceptors (Lipinski definition) is 3. The van der Waals surface area contributed by atoms with Gasteiger partial charge in [-0.1, -0.05) is 30.3 Å². The summed E-state index contributed by atoms with van der Waals surface area (Å²) in [5.41, 5.74) is 1.06. The Bertz CT molecular complexity index is 483. The molecule has 0 fully saturated rings. The van der Waals surface area contributed by atoms with Crippen LogP contribution in [0, 0.1) is 0 Å². The molecule has 100 valence electrons. The van der Waals surface area contributed by atoms with E-state index < -0.39 is 0 Å². The number of benzene rings is 1. The van der Waals surface area contributed by atoms with Gasteiger partial charge in [-0.3, -0.25) is 4.79 Å². The Morgan fingerprint density at radius 1 is 1.32 bits per heavy atom. The minimum Gasteiger partial charge on any atom is -0.367 e. The molecule has 1 aromatic carbocycles. The molecule has 0 aliphatic rings. The number of carbonyl (C=O) groups excluding carboxylic acids is 1. The number of nitrogens with zero attached hydrogens (tertiary/aromatic N) is 1. The van der Waals surface area contributed by atoms with Crippen LogP contribution in [0.2, 0.25) is 0 Å². The summed E-state index contributed by atoms with van der Waals surface area (Å²) in [7, 11) is 0. The Hall–Kier alpha value is -2.14. The quantitative estimate of drug-likeness (QED) is 0.787. The zero-order valence-electron chi connectivity index (χ0n) is 10.6. The van der Waals surface area contributed by atoms with Crippen LogP contribution in [0.1, 0.15) is 11.4 Å². The molecule has 19 heavy (non-hydrogen) atoms. The predicted molar refractivity (Wildman–Crippen MR) is 71.4 cm³/mol. The van der Waals surface area contributed by atoms with E-state index in [9.17, 15) is 4.79 Å². The van der Waals surface area contributed by atoms with Crippen LogP contribution in [0.5, 0.6) is 0 Å². The van der Waals surface area contributed by atoms with Crippen molar-refractivity contribution in [1.82, 2.24) is 15.3 Å². The Balaban J connectivity index is 1.57. The second-order valence-corrected chi connectivity index (χ2v) is 4.11. The molecule has 5 heteroatoms. The molecule has 1 amide bonds. The van der Waals surface area contributed by atoms with Crippen molar-refractivity contribution in [3.8, 4) is 0 Å². The van der Waals surface area contributed by atoms with E-state index in [0.717, 1.165) is 11.4 Å². The summed E-state index contributed by atoms with van der Waals surface area (Å²) in [5, 5.41) is 2.78. The van der Waals surface area contributed by atoms with E-state index in [4.69, 9.17) is 4.74 Å². The highest BCUT2D eigenvalue weighted by Gasteiger charge is 2.02. The Labute approximate surface area is 112 Å². The Morgan fingerprint density at radius 2 is 2.16 bits per heavy atom. The minimum absolute atomic E-state index is 0.0764. The molecule has 0 aliphatic carbocycles. The fourth-order valence-corrected chi connectivity index (χ4v) is 1.64. The highest BCUT2D eigenvalue weighted by Crippen LogP contribution is 1.99. The van der Waals surface area contributed by atoms with E-state index in [1.807, 2.05) is 30.3 Å². The van der Waals surface area contributed by atoms with Crippen molar-refractivity contribution < 1.29 is 9.53 Å². The number of rotatable bonds is 7. The number of aromatic amines is 1. The average molecular weight is 259 g/mol. The molecular formula is C14H17N3O2. The average Bonchev–Trinajstić information content (AvgIpc) is 2.93. The molecule has 2 aromatic rings. The number of hydrogen-bond donors (Lipinski definition) is 2. The molecule has 1 heterocycles. The number of imidazole rings is 1. The van der Waals surface area contributed by atoms with Crippen molar-refractivity contribution in [2.24, 2.45) is 0 Å². The molecule has 2 N–H and O–H groups in total. The number of carbonyl (C=O) groups is 1. The van der Waals surface area contributed by atoms with E-state index in [1.54, 1.807) is 12.4 Å². The first-order valence-corrected chi connectivity index (χ1v) is 6.21. The third kappa shape index (κ3) is 4.93. The first kappa shape index (κ1) is 13.3. The number of H-pyrrole nitrogens is 1. The van der Waals surface area contributed by atoms with Gasteiger partial charge in [0.1, 0.15) is 12.4 Å². The molecule has 0 unspecified atom stereocenters. The fourth-order valence-electron chi connectivity index (χ4n) is 1.64. The maximum absolute atomic E-state index is 11.5. The van der Waals surface area contributed by atoms with Gasteiger partial charge in [-0.05, 0) is 5.56 Å². The van der Waals surface area contributed by atoms with Crippen LogP contribution in [0.4, 0.5) is 0 Å². The summed E-state index contributed by atoms with van der Waals surface area (Å²) in [4.78, 5) is 18.6. The molecule has 0 radical (unpaired) electrons. The van der Waals surface area contributed by atoms with Crippen molar-refractivity contribution >= 4 is 5.91 Å². The largest absolute Gasteiger partial charge is 0.367 e. The predicted octanol–water partition coefficient (Wildman–Crippen LogP) is 1.29. The Kier molecular flexibility index (Phi) is 5.13. The smallest absolute Gasteiger partial charge is 0.246 e.